The Hall–Kier alpha value is 0.500. The van der Waals surface area contributed by atoms with Gasteiger partial charge in [-0.25, -0.2) is 4.67 Å². The van der Waals surface area contributed by atoms with Crippen LogP contribution in [0.15, 0.2) is 0 Å². The predicted molar refractivity (Wildman–Crippen MR) is 58.1 cm³/mol. The monoisotopic (exact) mass is 223 g/mol. The highest BCUT2D eigenvalue weighted by Gasteiger charge is 2.33. The summed E-state index contributed by atoms with van der Waals surface area (Å²) in [6.07, 6.45) is 4.19. The molecule has 5 heteroatoms. The van der Waals surface area contributed by atoms with E-state index in [1.54, 1.807) is 0 Å². The largest absolute Gasteiger partial charge is 0.329 e. The molecule has 1 heterocycles. The Balaban J connectivity index is 2.62. The van der Waals surface area contributed by atoms with Crippen molar-refractivity contribution in [3.8, 4) is 0 Å². The lowest BCUT2D eigenvalue weighted by atomic mass is 10.4. The van der Waals surface area contributed by atoms with Gasteiger partial charge in [-0.05, 0) is 32.9 Å². The zero-order valence-electron chi connectivity index (χ0n) is 8.52. The van der Waals surface area contributed by atoms with Gasteiger partial charge in [0.2, 0.25) is 0 Å². The van der Waals surface area contributed by atoms with E-state index < -0.39 is 6.72 Å². The highest BCUT2D eigenvalue weighted by Crippen LogP contribution is 2.62. The van der Waals surface area contributed by atoms with Gasteiger partial charge < -0.3 is 4.52 Å². The van der Waals surface area contributed by atoms with Crippen molar-refractivity contribution in [2.24, 2.45) is 0 Å². The van der Waals surface area contributed by atoms with Crippen LogP contribution < -0.4 is 0 Å². The molecule has 0 N–H and O–H groups in total. The number of hydrogen-bond acceptors (Lipinski definition) is 3. The SMILES string of the molecule is CSP(=O)(OC(C)C)N1CCCC1. The van der Waals surface area contributed by atoms with Gasteiger partial charge in [0.15, 0.2) is 0 Å². The first-order chi connectivity index (χ1) is 6.08. The molecule has 1 atom stereocenters. The molecule has 1 rings (SSSR count). The highest BCUT2D eigenvalue weighted by molar-refractivity contribution is 8.55. The normalized spacial score (nSPS) is 23.7. The van der Waals surface area contributed by atoms with E-state index in [-0.39, 0.29) is 6.10 Å². The van der Waals surface area contributed by atoms with Crippen molar-refractivity contribution in [3.63, 3.8) is 0 Å². The summed E-state index contributed by atoms with van der Waals surface area (Å²) in [6.45, 7) is 3.15. The smallest absolute Gasteiger partial charge is 0.307 e. The Morgan fingerprint density at radius 1 is 1.38 bits per heavy atom. The van der Waals surface area contributed by atoms with Crippen LogP contribution in [0.2, 0.25) is 0 Å². The third kappa shape index (κ3) is 2.98. The molecule has 1 fully saturated rings. The minimum absolute atomic E-state index is 0.0406. The molecule has 0 radical (unpaired) electrons. The molecule has 0 spiro atoms. The number of hydrogen-bond donors (Lipinski definition) is 0. The van der Waals surface area contributed by atoms with Gasteiger partial charge in [0.25, 0.3) is 0 Å². The maximum atomic E-state index is 12.3. The van der Waals surface area contributed by atoms with Crippen LogP contribution >= 0.6 is 18.1 Å². The Morgan fingerprint density at radius 3 is 2.31 bits per heavy atom. The van der Waals surface area contributed by atoms with Crippen LogP contribution in [0.25, 0.3) is 0 Å². The molecule has 0 aromatic carbocycles. The van der Waals surface area contributed by atoms with Gasteiger partial charge in [-0.3, -0.25) is 4.57 Å². The summed E-state index contributed by atoms with van der Waals surface area (Å²) >= 11 is 1.36. The van der Waals surface area contributed by atoms with E-state index in [1.807, 2.05) is 24.8 Å². The third-order valence-corrected chi connectivity index (χ3v) is 6.58. The molecule has 1 aliphatic rings. The predicted octanol–water partition coefficient (Wildman–Crippen LogP) is 2.98. The summed E-state index contributed by atoms with van der Waals surface area (Å²) in [5.41, 5.74) is 0. The number of nitrogens with zero attached hydrogens (tertiary/aromatic N) is 1. The van der Waals surface area contributed by atoms with Crippen LogP contribution in [0, 0.1) is 0 Å². The van der Waals surface area contributed by atoms with Crippen molar-refractivity contribution in [3.05, 3.63) is 0 Å². The molecule has 1 saturated heterocycles. The standard InChI is InChI=1S/C8H18NO2PS/c1-8(2)11-12(10,13-3)9-6-4-5-7-9/h8H,4-7H2,1-3H3. The molecular formula is C8H18NO2PS. The van der Waals surface area contributed by atoms with Gasteiger partial charge in [-0.1, -0.05) is 11.4 Å². The lowest BCUT2D eigenvalue weighted by Gasteiger charge is -2.26. The van der Waals surface area contributed by atoms with Crippen LogP contribution in [0.1, 0.15) is 26.7 Å². The van der Waals surface area contributed by atoms with Crippen molar-refractivity contribution < 1.29 is 9.09 Å². The van der Waals surface area contributed by atoms with Gasteiger partial charge >= 0.3 is 6.72 Å². The van der Waals surface area contributed by atoms with Crippen molar-refractivity contribution in [1.82, 2.24) is 4.67 Å². The van der Waals surface area contributed by atoms with E-state index in [1.165, 1.54) is 11.4 Å². The maximum Gasteiger partial charge on any atom is 0.329 e. The van der Waals surface area contributed by atoms with Crippen LogP contribution in [-0.2, 0) is 9.09 Å². The molecule has 78 valence electrons. The fraction of sp³-hybridized carbons (Fsp3) is 1.00. The summed E-state index contributed by atoms with van der Waals surface area (Å²) in [5.74, 6) is 0. The average molecular weight is 223 g/mol. The minimum atomic E-state index is -2.55. The summed E-state index contributed by atoms with van der Waals surface area (Å²) in [7, 11) is 0. The van der Waals surface area contributed by atoms with E-state index >= 15 is 0 Å². The molecular weight excluding hydrogens is 205 g/mol. The fourth-order valence-corrected chi connectivity index (χ4v) is 5.15. The van der Waals surface area contributed by atoms with Gasteiger partial charge in [0.05, 0.1) is 6.10 Å². The second-order valence-corrected chi connectivity index (χ2v) is 8.02. The van der Waals surface area contributed by atoms with Crippen LogP contribution in [0.5, 0.6) is 0 Å². The lowest BCUT2D eigenvalue weighted by Crippen LogP contribution is -2.17. The molecule has 0 aromatic rings. The molecule has 0 aromatic heterocycles. The van der Waals surface area contributed by atoms with Crippen molar-refractivity contribution in [1.29, 1.82) is 0 Å². The highest BCUT2D eigenvalue weighted by atomic mass is 32.7. The molecule has 1 unspecified atom stereocenters. The maximum absolute atomic E-state index is 12.3. The Bertz CT molecular complexity index is 204. The first-order valence-corrected chi connectivity index (χ1v) is 8.09. The molecule has 0 amide bonds. The van der Waals surface area contributed by atoms with Crippen molar-refractivity contribution in [2.45, 2.75) is 32.8 Å². The molecule has 0 aliphatic carbocycles. The summed E-state index contributed by atoms with van der Waals surface area (Å²) < 4.78 is 19.8. The van der Waals surface area contributed by atoms with E-state index in [0.717, 1.165) is 25.9 Å². The van der Waals surface area contributed by atoms with Crippen molar-refractivity contribution >= 4 is 18.1 Å². The van der Waals surface area contributed by atoms with Crippen molar-refractivity contribution in [2.75, 3.05) is 19.3 Å². The number of rotatable bonds is 4. The van der Waals surface area contributed by atoms with Gasteiger partial charge in [-0.2, -0.15) is 0 Å². The topological polar surface area (TPSA) is 29.5 Å². The molecule has 1 aliphatic heterocycles. The van der Waals surface area contributed by atoms with E-state index in [9.17, 15) is 4.57 Å². The zero-order valence-corrected chi connectivity index (χ0v) is 10.2. The van der Waals surface area contributed by atoms with E-state index in [4.69, 9.17) is 4.52 Å². The first kappa shape index (κ1) is 11.6. The summed E-state index contributed by atoms with van der Waals surface area (Å²) in [4.78, 5) is 0. The Kier molecular flexibility index (Phi) is 4.30. The second-order valence-electron chi connectivity index (χ2n) is 3.47. The second kappa shape index (κ2) is 4.83. The van der Waals surface area contributed by atoms with E-state index in [2.05, 4.69) is 0 Å². The zero-order chi connectivity index (χ0) is 9.90. The molecule has 3 nitrogen and oxygen atoms in total. The quantitative estimate of drug-likeness (QED) is 0.685. The molecule has 0 saturated carbocycles. The van der Waals surface area contributed by atoms with Gasteiger partial charge in [-0.15, -0.1) is 0 Å². The first-order valence-electron chi connectivity index (χ1n) is 4.68. The molecule has 0 bridgehead atoms. The fourth-order valence-electron chi connectivity index (χ4n) is 1.44. The summed E-state index contributed by atoms with van der Waals surface area (Å²) in [5, 5.41) is 0. The van der Waals surface area contributed by atoms with E-state index in [0.29, 0.717) is 0 Å². The molecule has 13 heavy (non-hydrogen) atoms. The van der Waals surface area contributed by atoms with Gasteiger partial charge in [0.1, 0.15) is 0 Å². The minimum Gasteiger partial charge on any atom is -0.307 e. The third-order valence-electron chi connectivity index (χ3n) is 2.00. The van der Waals surface area contributed by atoms with Crippen LogP contribution in [0.3, 0.4) is 0 Å². The van der Waals surface area contributed by atoms with Crippen LogP contribution in [-0.4, -0.2) is 30.1 Å². The summed E-state index contributed by atoms with van der Waals surface area (Å²) in [6, 6.07) is 0. The lowest BCUT2D eigenvalue weighted by molar-refractivity contribution is 0.226. The Morgan fingerprint density at radius 2 is 1.92 bits per heavy atom. The van der Waals surface area contributed by atoms with Crippen LogP contribution in [0.4, 0.5) is 0 Å². The van der Waals surface area contributed by atoms with Gasteiger partial charge in [0, 0.05) is 13.1 Å². The Labute approximate surface area is 84.5 Å². The average Bonchev–Trinajstić information content (AvgIpc) is 2.55.